The molecule has 0 spiro atoms. The van der Waals surface area contributed by atoms with Gasteiger partial charge in [-0.15, -0.1) is 0 Å². The maximum atomic E-state index is 14.1. The fourth-order valence-electron chi connectivity index (χ4n) is 3.27. The summed E-state index contributed by atoms with van der Waals surface area (Å²) in [5, 5.41) is 3.97. The minimum absolute atomic E-state index is 0.0121. The highest BCUT2D eigenvalue weighted by Crippen LogP contribution is 2.43. The van der Waals surface area contributed by atoms with E-state index in [2.05, 4.69) is 5.32 Å². The van der Waals surface area contributed by atoms with E-state index in [4.69, 9.17) is 11.6 Å². The molecule has 0 aliphatic carbocycles. The van der Waals surface area contributed by atoms with Gasteiger partial charge in [-0.1, -0.05) is 23.7 Å². The monoisotopic (exact) mass is 271 g/mol. The van der Waals surface area contributed by atoms with Gasteiger partial charge in [0.15, 0.2) is 0 Å². The summed E-state index contributed by atoms with van der Waals surface area (Å²) in [6, 6.07) is 7.21. The molecule has 1 aromatic carbocycles. The third-order valence-electron chi connectivity index (χ3n) is 4.19. The van der Waals surface area contributed by atoms with E-state index in [1.54, 1.807) is 12.1 Å². The van der Waals surface area contributed by atoms with Gasteiger partial charge >= 0.3 is 0 Å². The van der Waals surface area contributed by atoms with Crippen LogP contribution in [0.1, 0.15) is 24.8 Å². The number of rotatable bonds is 2. The van der Waals surface area contributed by atoms with Gasteiger partial charge in [-0.2, -0.15) is 0 Å². The molecule has 3 unspecified atom stereocenters. The maximum Gasteiger partial charge on any atom is 0.254 e. The average molecular weight is 272 g/mol. The number of piperidine rings is 1. The van der Waals surface area contributed by atoms with Gasteiger partial charge in [0.25, 0.3) is 5.92 Å². The minimum Gasteiger partial charge on any atom is -0.310 e. The molecule has 1 aromatic rings. The lowest BCUT2D eigenvalue weighted by molar-refractivity contribution is -0.0954. The van der Waals surface area contributed by atoms with Crippen LogP contribution in [-0.2, 0) is 6.42 Å². The molecule has 4 heteroatoms. The predicted molar refractivity (Wildman–Crippen MR) is 68.2 cm³/mol. The second-order valence-corrected chi connectivity index (χ2v) is 5.89. The van der Waals surface area contributed by atoms with E-state index < -0.39 is 11.8 Å². The zero-order chi connectivity index (χ0) is 12.8. The number of benzene rings is 1. The third kappa shape index (κ3) is 2.26. The predicted octanol–water partition coefficient (Wildman–Crippen LogP) is 3.66. The Morgan fingerprint density at radius 2 is 1.94 bits per heavy atom. The Bertz CT molecular complexity index is 432. The number of hydrogen-bond donors (Lipinski definition) is 1. The molecule has 2 aliphatic heterocycles. The molecule has 3 atom stereocenters. The second kappa shape index (κ2) is 4.46. The highest BCUT2D eigenvalue weighted by molar-refractivity contribution is 6.30. The summed E-state index contributed by atoms with van der Waals surface area (Å²) in [4.78, 5) is 0. The smallest absolute Gasteiger partial charge is 0.254 e. The van der Waals surface area contributed by atoms with Crippen LogP contribution in [0, 0.1) is 5.92 Å². The molecule has 0 amide bonds. The van der Waals surface area contributed by atoms with Gasteiger partial charge in [-0.3, -0.25) is 0 Å². The zero-order valence-corrected chi connectivity index (χ0v) is 10.8. The standard InChI is InChI=1S/C14H16ClF2N/c15-10-3-1-9(2-4-10)7-12-13-6-5-11(18-13)8-14(12,16)17/h1-4,11-13,18H,5-8H2. The van der Waals surface area contributed by atoms with Crippen LogP contribution in [0.25, 0.3) is 0 Å². The zero-order valence-electron chi connectivity index (χ0n) is 10.0. The SMILES string of the molecule is FC1(F)CC2CCC(N2)C1Cc1ccc(Cl)cc1. The largest absolute Gasteiger partial charge is 0.310 e. The molecule has 1 N–H and O–H groups in total. The Hall–Kier alpha value is -0.670. The van der Waals surface area contributed by atoms with Gasteiger partial charge in [0.05, 0.1) is 0 Å². The van der Waals surface area contributed by atoms with Crippen molar-refractivity contribution in [3.63, 3.8) is 0 Å². The Balaban J connectivity index is 1.79. The molecule has 0 radical (unpaired) electrons. The van der Waals surface area contributed by atoms with E-state index >= 15 is 0 Å². The minimum atomic E-state index is -2.54. The van der Waals surface area contributed by atoms with E-state index in [1.807, 2.05) is 12.1 Å². The normalized spacial score (nSPS) is 33.6. The third-order valence-corrected chi connectivity index (χ3v) is 4.44. The number of halogens is 3. The fourth-order valence-corrected chi connectivity index (χ4v) is 3.39. The molecule has 1 nitrogen and oxygen atoms in total. The summed E-state index contributed by atoms with van der Waals surface area (Å²) in [6.45, 7) is 0. The molecule has 2 aliphatic rings. The van der Waals surface area contributed by atoms with Crippen molar-refractivity contribution in [1.82, 2.24) is 5.32 Å². The van der Waals surface area contributed by atoms with Crippen LogP contribution in [0.15, 0.2) is 24.3 Å². The van der Waals surface area contributed by atoms with Crippen molar-refractivity contribution in [1.29, 1.82) is 0 Å². The summed E-state index contributed by atoms with van der Waals surface area (Å²) in [5.41, 5.74) is 0.941. The summed E-state index contributed by atoms with van der Waals surface area (Å²) in [5.74, 6) is -3.13. The van der Waals surface area contributed by atoms with Crippen LogP contribution in [0.3, 0.4) is 0 Å². The molecule has 0 saturated carbocycles. The highest BCUT2D eigenvalue weighted by atomic mass is 35.5. The maximum absolute atomic E-state index is 14.1. The molecule has 2 fully saturated rings. The van der Waals surface area contributed by atoms with E-state index in [-0.39, 0.29) is 18.5 Å². The van der Waals surface area contributed by atoms with Crippen molar-refractivity contribution in [2.45, 2.75) is 43.7 Å². The first-order chi connectivity index (χ1) is 8.54. The first-order valence-electron chi connectivity index (χ1n) is 6.43. The molecule has 2 bridgehead atoms. The van der Waals surface area contributed by atoms with Crippen molar-refractivity contribution >= 4 is 11.6 Å². The van der Waals surface area contributed by atoms with Crippen molar-refractivity contribution in [3.8, 4) is 0 Å². The van der Waals surface area contributed by atoms with Crippen molar-refractivity contribution in [3.05, 3.63) is 34.9 Å². The van der Waals surface area contributed by atoms with Gasteiger partial charge in [0, 0.05) is 29.4 Å². The summed E-state index contributed by atoms with van der Waals surface area (Å²) >= 11 is 5.81. The van der Waals surface area contributed by atoms with Crippen molar-refractivity contribution in [2.24, 2.45) is 5.92 Å². The Morgan fingerprint density at radius 1 is 1.22 bits per heavy atom. The number of nitrogens with one attached hydrogen (secondary N) is 1. The van der Waals surface area contributed by atoms with Gasteiger partial charge < -0.3 is 5.32 Å². The quantitative estimate of drug-likeness (QED) is 0.866. The van der Waals surface area contributed by atoms with Crippen LogP contribution in [-0.4, -0.2) is 18.0 Å². The number of alkyl halides is 2. The van der Waals surface area contributed by atoms with Gasteiger partial charge in [-0.05, 0) is 37.0 Å². The summed E-state index contributed by atoms with van der Waals surface area (Å²) < 4.78 is 28.2. The van der Waals surface area contributed by atoms with E-state index in [0.717, 1.165) is 18.4 Å². The molecule has 3 rings (SSSR count). The molecule has 2 heterocycles. The lowest BCUT2D eigenvalue weighted by Gasteiger charge is -2.37. The average Bonchev–Trinajstić information content (AvgIpc) is 2.70. The Labute approximate surface area is 111 Å². The molecular weight excluding hydrogens is 256 g/mol. The van der Waals surface area contributed by atoms with Crippen LogP contribution in [0.5, 0.6) is 0 Å². The fraction of sp³-hybridized carbons (Fsp3) is 0.571. The summed E-state index contributed by atoms with van der Waals surface area (Å²) in [6.07, 6.45) is 2.17. The van der Waals surface area contributed by atoms with Crippen LogP contribution in [0.2, 0.25) is 5.02 Å². The topological polar surface area (TPSA) is 12.0 Å². The molecule has 0 aromatic heterocycles. The van der Waals surface area contributed by atoms with Crippen molar-refractivity contribution in [2.75, 3.05) is 0 Å². The highest BCUT2D eigenvalue weighted by Gasteiger charge is 2.52. The summed E-state index contributed by atoms with van der Waals surface area (Å²) in [7, 11) is 0. The molecule has 18 heavy (non-hydrogen) atoms. The first-order valence-corrected chi connectivity index (χ1v) is 6.81. The molecular formula is C14H16ClF2N. The molecule has 2 saturated heterocycles. The van der Waals surface area contributed by atoms with Gasteiger partial charge in [0.2, 0.25) is 0 Å². The lowest BCUT2D eigenvalue weighted by Crippen LogP contribution is -2.52. The Kier molecular flexibility index (Phi) is 3.07. The van der Waals surface area contributed by atoms with E-state index in [9.17, 15) is 8.78 Å². The number of hydrogen-bond acceptors (Lipinski definition) is 1. The number of fused-ring (bicyclic) bond motifs is 2. The Morgan fingerprint density at radius 3 is 2.67 bits per heavy atom. The van der Waals surface area contributed by atoms with Crippen LogP contribution >= 0.6 is 11.6 Å². The first kappa shape index (κ1) is 12.4. The van der Waals surface area contributed by atoms with Gasteiger partial charge in [0.1, 0.15) is 0 Å². The van der Waals surface area contributed by atoms with Crippen molar-refractivity contribution < 1.29 is 8.78 Å². The van der Waals surface area contributed by atoms with E-state index in [0.29, 0.717) is 11.4 Å². The van der Waals surface area contributed by atoms with Crippen LogP contribution in [0.4, 0.5) is 8.78 Å². The molecule has 98 valence electrons. The van der Waals surface area contributed by atoms with E-state index in [1.165, 1.54) is 0 Å². The second-order valence-electron chi connectivity index (χ2n) is 5.45. The van der Waals surface area contributed by atoms with Gasteiger partial charge in [-0.25, -0.2) is 8.78 Å². The lowest BCUT2D eigenvalue weighted by atomic mass is 9.83. The van der Waals surface area contributed by atoms with Crippen LogP contribution < -0.4 is 5.32 Å².